The average molecular weight is 456 g/mol. The number of hydrogen-bond donors (Lipinski definition) is 1. The van der Waals surface area contributed by atoms with E-state index in [-0.39, 0.29) is 18.1 Å². The van der Waals surface area contributed by atoms with Gasteiger partial charge in [0, 0.05) is 57.0 Å². The van der Waals surface area contributed by atoms with E-state index in [4.69, 9.17) is 21.3 Å². The van der Waals surface area contributed by atoms with Crippen LogP contribution in [0.25, 0.3) is 22.2 Å². The molecule has 1 atom stereocenters. The van der Waals surface area contributed by atoms with Crippen LogP contribution in [0.5, 0.6) is 0 Å². The number of hydrogen-bond acceptors (Lipinski definition) is 7. The lowest BCUT2D eigenvalue weighted by Gasteiger charge is -2.29. The predicted octanol–water partition coefficient (Wildman–Crippen LogP) is 2.30. The quantitative estimate of drug-likeness (QED) is 0.646. The molecule has 5 rings (SSSR count). The molecule has 1 N–H and O–H groups in total. The van der Waals surface area contributed by atoms with Gasteiger partial charge in [-0.1, -0.05) is 11.6 Å². The Balaban J connectivity index is 1.60. The van der Waals surface area contributed by atoms with Crippen LogP contribution in [0.4, 0.5) is 11.5 Å². The zero-order valence-electron chi connectivity index (χ0n) is 18.0. The SMILES string of the molecule is Cn1cnc2cc(-c3ccc(N4CCOCC4)cc3Cl)nc(N3CCC(CO)C3)c2c1=O. The molecule has 1 unspecified atom stereocenters. The highest BCUT2D eigenvalue weighted by Crippen LogP contribution is 2.35. The molecule has 0 radical (unpaired) electrons. The summed E-state index contributed by atoms with van der Waals surface area (Å²) in [7, 11) is 1.69. The van der Waals surface area contributed by atoms with Crippen LogP contribution in [-0.4, -0.2) is 65.6 Å². The largest absolute Gasteiger partial charge is 0.396 e. The molecule has 1 aromatic carbocycles. The van der Waals surface area contributed by atoms with E-state index >= 15 is 0 Å². The minimum absolute atomic E-state index is 0.124. The fraction of sp³-hybridized carbons (Fsp3) is 0.435. The Labute approximate surface area is 191 Å². The molecule has 0 amide bonds. The number of aliphatic hydroxyl groups excluding tert-OH is 1. The Morgan fingerprint density at radius 1 is 1.19 bits per heavy atom. The van der Waals surface area contributed by atoms with E-state index in [2.05, 4.69) is 14.8 Å². The standard InChI is InChI=1S/C23H26ClN5O3/c1-27-14-25-20-11-19(17-3-2-16(10-18(17)24)28-6-8-32-9-7-28)26-22(21(20)23(27)31)29-5-4-15(12-29)13-30/h2-3,10-11,14-15,30H,4-9,12-13H2,1H3. The first-order valence-electron chi connectivity index (χ1n) is 10.9. The van der Waals surface area contributed by atoms with Crippen molar-refractivity contribution in [2.24, 2.45) is 13.0 Å². The second kappa shape index (κ2) is 8.69. The van der Waals surface area contributed by atoms with E-state index in [1.165, 1.54) is 10.9 Å². The fourth-order valence-corrected chi connectivity index (χ4v) is 4.75. The molecule has 0 spiro atoms. The highest BCUT2D eigenvalue weighted by molar-refractivity contribution is 6.33. The Morgan fingerprint density at radius 2 is 2.00 bits per heavy atom. The molecular weight excluding hydrogens is 430 g/mol. The molecule has 32 heavy (non-hydrogen) atoms. The van der Waals surface area contributed by atoms with Crippen molar-refractivity contribution in [3.8, 4) is 11.3 Å². The van der Waals surface area contributed by atoms with E-state index in [0.717, 1.165) is 37.3 Å². The zero-order chi connectivity index (χ0) is 22.2. The predicted molar refractivity (Wildman–Crippen MR) is 126 cm³/mol. The first kappa shape index (κ1) is 21.2. The second-order valence-electron chi connectivity index (χ2n) is 8.43. The molecule has 168 valence electrons. The Kier molecular flexibility index (Phi) is 5.75. The number of anilines is 2. The molecule has 2 aliphatic rings. The third-order valence-electron chi connectivity index (χ3n) is 6.33. The third-order valence-corrected chi connectivity index (χ3v) is 6.64. The molecule has 8 nitrogen and oxygen atoms in total. The number of morpholine rings is 1. The number of halogens is 1. The van der Waals surface area contributed by atoms with Crippen LogP contribution in [-0.2, 0) is 11.8 Å². The Morgan fingerprint density at radius 3 is 2.72 bits per heavy atom. The summed E-state index contributed by atoms with van der Waals surface area (Å²) in [5.74, 6) is 0.780. The summed E-state index contributed by atoms with van der Waals surface area (Å²) < 4.78 is 6.91. The first-order valence-corrected chi connectivity index (χ1v) is 11.3. The molecular formula is C23H26ClN5O3. The van der Waals surface area contributed by atoms with E-state index in [1.807, 2.05) is 24.3 Å². The van der Waals surface area contributed by atoms with Crippen molar-refractivity contribution in [3.05, 3.63) is 46.0 Å². The summed E-state index contributed by atoms with van der Waals surface area (Å²) in [5.41, 5.74) is 2.99. The molecule has 2 fully saturated rings. The fourth-order valence-electron chi connectivity index (χ4n) is 4.47. The highest BCUT2D eigenvalue weighted by Gasteiger charge is 2.26. The van der Waals surface area contributed by atoms with Gasteiger partial charge in [0.2, 0.25) is 0 Å². The maximum Gasteiger partial charge on any atom is 0.264 e. The van der Waals surface area contributed by atoms with Crippen LogP contribution in [0.2, 0.25) is 5.02 Å². The summed E-state index contributed by atoms with van der Waals surface area (Å²) in [6, 6.07) is 7.82. The van der Waals surface area contributed by atoms with E-state index in [1.54, 1.807) is 7.05 Å². The van der Waals surface area contributed by atoms with E-state index in [0.29, 0.717) is 47.2 Å². The van der Waals surface area contributed by atoms with Gasteiger partial charge in [0.15, 0.2) is 0 Å². The van der Waals surface area contributed by atoms with Crippen LogP contribution in [0, 0.1) is 5.92 Å². The van der Waals surface area contributed by atoms with Crippen molar-refractivity contribution in [3.63, 3.8) is 0 Å². The number of pyridine rings is 1. The van der Waals surface area contributed by atoms with Crippen molar-refractivity contribution in [1.82, 2.24) is 14.5 Å². The molecule has 0 aliphatic carbocycles. The lowest BCUT2D eigenvalue weighted by Crippen LogP contribution is -2.36. The van der Waals surface area contributed by atoms with Gasteiger partial charge in [0.05, 0.1) is 35.8 Å². The zero-order valence-corrected chi connectivity index (χ0v) is 18.8. The topological polar surface area (TPSA) is 83.7 Å². The van der Waals surface area contributed by atoms with Crippen molar-refractivity contribution < 1.29 is 9.84 Å². The number of fused-ring (bicyclic) bond motifs is 1. The van der Waals surface area contributed by atoms with Crippen LogP contribution in [0.1, 0.15) is 6.42 Å². The number of benzene rings is 1. The van der Waals surface area contributed by atoms with Crippen LogP contribution in [0.15, 0.2) is 35.4 Å². The first-order chi connectivity index (χ1) is 15.5. The number of aliphatic hydroxyl groups is 1. The third kappa shape index (κ3) is 3.83. The molecule has 9 heteroatoms. The molecule has 2 aromatic heterocycles. The number of aromatic nitrogens is 3. The van der Waals surface area contributed by atoms with Crippen molar-refractivity contribution >= 4 is 34.0 Å². The normalized spacial score (nSPS) is 19.2. The Hall–Kier alpha value is -2.68. The minimum atomic E-state index is -0.134. The van der Waals surface area contributed by atoms with Crippen molar-refractivity contribution in [2.75, 3.05) is 55.8 Å². The summed E-state index contributed by atoms with van der Waals surface area (Å²) in [5, 5.41) is 10.7. The number of ether oxygens (including phenoxy) is 1. The van der Waals surface area contributed by atoms with Gasteiger partial charge in [-0.2, -0.15) is 0 Å². The summed E-state index contributed by atoms with van der Waals surface area (Å²) in [4.78, 5) is 26.7. The maximum atomic E-state index is 13.0. The molecule has 0 bridgehead atoms. The molecule has 2 aliphatic heterocycles. The molecule has 0 saturated carbocycles. The van der Waals surface area contributed by atoms with Gasteiger partial charge in [0.25, 0.3) is 5.56 Å². The van der Waals surface area contributed by atoms with Gasteiger partial charge >= 0.3 is 0 Å². The highest BCUT2D eigenvalue weighted by atomic mass is 35.5. The van der Waals surface area contributed by atoms with Crippen LogP contribution in [0.3, 0.4) is 0 Å². The smallest absolute Gasteiger partial charge is 0.264 e. The number of nitrogens with zero attached hydrogens (tertiary/aromatic N) is 5. The van der Waals surface area contributed by atoms with E-state index < -0.39 is 0 Å². The van der Waals surface area contributed by atoms with Gasteiger partial charge in [-0.3, -0.25) is 4.79 Å². The van der Waals surface area contributed by atoms with E-state index in [9.17, 15) is 9.90 Å². The molecule has 2 saturated heterocycles. The van der Waals surface area contributed by atoms with Crippen LogP contribution >= 0.6 is 11.6 Å². The van der Waals surface area contributed by atoms with Gasteiger partial charge in [-0.25, -0.2) is 9.97 Å². The lowest BCUT2D eigenvalue weighted by atomic mass is 10.1. The van der Waals surface area contributed by atoms with Gasteiger partial charge < -0.3 is 24.2 Å². The van der Waals surface area contributed by atoms with Crippen molar-refractivity contribution in [2.45, 2.75) is 6.42 Å². The van der Waals surface area contributed by atoms with Crippen molar-refractivity contribution in [1.29, 1.82) is 0 Å². The molecule has 3 aromatic rings. The lowest BCUT2D eigenvalue weighted by molar-refractivity contribution is 0.122. The minimum Gasteiger partial charge on any atom is -0.396 e. The van der Waals surface area contributed by atoms with Gasteiger partial charge in [0.1, 0.15) is 11.2 Å². The van der Waals surface area contributed by atoms with Crippen LogP contribution < -0.4 is 15.4 Å². The summed E-state index contributed by atoms with van der Waals surface area (Å²) in [6.07, 6.45) is 2.39. The monoisotopic (exact) mass is 455 g/mol. The van der Waals surface area contributed by atoms with Gasteiger partial charge in [-0.05, 0) is 30.7 Å². The summed E-state index contributed by atoms with van der Waals surface area (Å²) >= 11 is 6.72. The Bertz CT molecular complexity index is 1210. The number of rotatable bonds is 4. The maximum absolute atomic E-state index is 13.0. The summed E-state index contributed by atoms with van der Waals surface area (Å²) in [6.45, 7) is 4.60. The number of aryl methyl sites for hydroxylation is 1. The average Bonchev–Trinajstić information content (AvgIpc) is 3.31. The molecule has 4 heterocycles. The van der Waals surface area contributed by atoms with Gasteiger partial charge in [-0.15, -0.1) is 0 Å². The second-order valence-corrected chi connectivity index (χ2v) is 8.84.